The fourth-order valence-corrected chi connectivity index (χ4v) is 3.02. The van der Waals surface area contributed by atoms with Crippen LogP contribution in [0.5, 0.6) is 0 Å². The quantitative estimate of drug-likeness (QED) is 0.654. The highest BCUT2D eigenvalue weighted by Gasteiger charge is 2.20. The molecule has 0 bridgehead atoms. The van der Waals surface area contributed by atoms with Gasteiger partial charge in [0.05, 0.1) is 6.04 Å². The molecule has 0 saturated heterocycles. The number of carbonyl (C=O) groups is 2. The van der Waals surface area contributed by atoms with Gasteiger partial charge in [-0.15, -0.1) is 0 Å². The maximum absolute atomic E-state index is 12.3. The molecule has 1 atom stereocenters. The van der Waals surface area contributed by atoms with E-state index in [1.807, 2.05) is 56.3 Å². The Balaban J connectivity index is 1.61. The zero-order valence-electron chi connectivity index (χ0n) is 15.7. The Kier molecular flexibility index (Phi) is 5.60. The van der Waals surface area contributed by atoms with Crippen LogP contribution in [-0.4, -0.2) is 18.5 Å². The number of ether oxygens (including phenoxy) is 1. The van der Waals surface area contributed by atoms with Crippen molar-refractivity contribution in [3.05, 3.63) is 71.0 Å². The Labute approximate surface area is 158 Å². The van der Waals surface area contributed by atoms with E-state index in [-0.39, 0.29) is 24.3 Å². The van der Waals surface area contributed by atoms with Crippen molar-refractivity contribution in [2.45, 2.75) is 33.2 Å². The summed E-state index contributed by atoms with van der Waals surface area (Å²) in [5.41, 5.74) is 3.52. The van der Waals surface area contributed by atoms with E-state index in [0.29, 0.717) is 11.1 Å². The molecule has 3 rings (SSSR count). The van der Waals surface area contributed by atoms with Crippen LogP contribution < -0.4 is 5.32 Å². The molecule has 0 spiro atoms. The molecule has 1 amide bonds. The van der Waals surface area contributed by atoms with Gasteiger partial charge in [0.1, 0.15) is 5.58 Å². The molecule has 3 aromatic rings. The van der Waals surface area contributed by atoms with Gasteiger partial charge in [-0.1, -0.05) is 55.0 Å². The predicted molar refractivity (Wildman–Crippen MR) is 104 cm³/mol. The molecule has 0 radical (unpaired) electrons. The number of hydrogen-bond acceptors (Lipinski definition) is 4. The van der Waals surface area contributed by atoms with E-state index in [2.05, 4.69) is 5.32 Å². The van der Waals surface area contributed by atoms with Crippen molar-refractivity contribution in [2.75, 3.05) is 6.61 Å². The fraction of sp³-hybridized carbons (Fsp3) is 0.273. The largest absolute Gasteiger partial charge is 0.450 e. The molecule has 1 N–H and O–H groups in total. The zero-order chi connectivity index (χ0) is 19.4. The Morgan fingerprint density at radius 2 is 1.78 bits per heavy atom. The van der Waals surface area contributed by atoms with E-state index in [4.69, 9.17) is 9.15 Å². The third-order valence-electron chi connectivity index (χ3n) is 4.59. The average molecular weight is 365 g/mol. The number of carbonyl (C=O) groups excluding carboxylic acids is 2. The van der Waals surface area contributed by atoms with Crippen LogP contribution >= 0.6 is 0 Å². The number of esters is 1. The minimum Gasteiger partial charge on any atom is -0.450 e. The average Bonchev–Trinajstić information content (AvgIpc) is 3.02. The van der Waals surface area contributed by atoms with Crippen molar-refractivity contribution in [1.29, 1.82) is 0 Å². The van der Waals surface area contributed by atoms with Crippen LogP contribution in [0.2, 0.25) is 0 Å². The Morgan fingerprint density at radius 1 is 1.07 bits per heavy atom. The zero-order valence-corrected chi connectivity index (χ0v) is 15.7. The molecule has 5 nitrogen and oxygen atoms in total. The van der Waals surface area contributed by atoms with E-state index in [1.165, 1.54) is 0 Å². The van der Waals surface area contributed by atoms with Crippen LogP contribution in [0.1, 0.15) is 46.6 Å². The number of aryl methyl sites for hydroxylation is 2. The molecule has 1 heterocycles. The van der Waals surface area contributed by atoms with Gasteiger partial charge in [-0.25, -0.2) is 4.79 Å². The lowest BCUT2D eigenvalue weighted by molar-refractivity contribution is -0.125. The molecular formula is C22H23NO4. The summed E-state index contributed by atoms with van der Waals surface area (Å²) in [6, 6.07) is 15.3. The van der Waals surface area contributed by atoms with E-state index >= 15 is 0 Å². The number of furan rings is 1. The van der Waals surface area contributed by atoms with E-state index < -0.39 is 5.97 Å². The lowest BCUT2D eigenvalue weighted by Crippen LogP contribution is -2.32. The highest BCUT2D eigenvalue weighted by molar-refractivity contribution is 5.96. The molecule has 0 saturated carbocycles. The number of fused-ring (bicyclic) bond motifs is 1. The van der Waals surface area contributed by atoms with Crippen LogP contribution in [0.15, 0.2) is 52.9 Å². The molecule has 140 valence electrons. The molecule has 2 aromatic carbocycles. The summed E-state index contributed by atoms with van der Waals surface area (Å²) in [7, 11) is 0. The maximum Gasteiger partial charge on any atom is 0.375 e. The van der Waals surface area contributed by atoms with Crippen molar-refractivity contribution < 1.29 is 18.7 Å². The monoisotopic (exact) mass is 365 g/mol. The molecule has 5 heteroatoms. The van der Waals surface area contributed by atoms with Gasteiger partial charge in [-0.2, -0.15) is 0 Å². The summed E-state index contributed by atoms with van der Waals surface area (Å²) >= 11 is 0. The lowest BCUT2D eigenvalue weighted by atomic mass is 10.0. The molecule has 1 aromatic heterocycles. The number of hydrogen-bond donors (Lipinski definition) is 1. The smallest absolute Gasteiger partial charge is 0.375 e. The second kappa shape index (κ2) is 8.08. The van der Waals surface area contributed by atoms with Gasteiger partial charge in [0.15, 0.2) is 6.61 Å². The first-order valence-electron chi connectivity index (χ1n) is 9.00. The van der Waals surface area contributed by atoms with Crippen LogP contribution in [0.25, 0.3) is 11.0 Å². The first-order valence-corrected chi connectivity index (χ1v) is 9.00. The topological polar surface area (TPSA) is 68.5 Å². The first kappa shape index (κ1) is 18.7. The predicted octanol–water partition coefficient (Wildman–Crippen LogP) is 4.47. The summed E-state index contributed by atoms with van der Waals surface area (Å²) in [5, 5.41) is 3.76. The van der Waals surface area contributed by atoms with Crippen LogP contribution in [0.4, 0.5) is 0 Å². The van der Waals surface area contributed by atoms with Gasteiger partial charge in [0, 0.05) is 10.9 Å². The summed E-state index contributed by atoms with van der Waals surface area (Å²) in [4.78, 5) is 24.5. The molecule has 0 fully saturated rings. The van der Waals surface area contributed by atoms with E-state index in [1.54, 1.807) is 13.0 Å². The maximum atomic E-state index is 12.3. The molecule has 0 aliphatic carbocycles. The normalized spacial score (nSPS) is 12.0. The van der Waals surface area contributed by atoms with Crippen molar-refractivity contribution in [3.8, 4) is 0 Å². The SMILES string of the molecule is CC[C@H](NC(=O)COC(=O)c1oc2ccccc2c1C)c1ccc(C)cc1. The Bertz CT molecular complexity index is 956. The lowest BCUT2D eigenvalue weighted by Gasteiger charge is -2.17. The van der Waals surface area contributed by atoms with Gasteiger partial charge in [0.2, 0.25) is 5.76 Å². The summed E-state index contributed by atoms with van der Waals surface area (Å²) in [6.45, 7) is 5.46. The second-order valence-electron chi connectivity index (χ2n) is 6.57. The molecule has 27 heavy (non-hydrogen) atoms. The number of rotatable bonds is 6. The van der Waals surface area contributed by atoms with Gasteiger partial charge >= 0.3 is 5.97 Å². The highest BCUT2D eigenvalue weighted by Crippen LogP contribution is 2.25. The minimum atomic E-state index is -0.637. The van der Waals surface area contributed by atoms with E-state index in [0.717, 1.165) is 22.9 Å². The summed E-state index contributed by atoms with van der Waals surface area (Å²) in [6.07, 6.45) is 0.741. The third kappa shape index (κ3) is 4.19. The van der Waals surface area contributed by atoms with E-state index in [9.17, 15) is 9.59 Å². The number of benzene rings is 2. The highest BCUT2D eigenvalue weighted by atomic mass is 16.5. The van der Waals surface area contributed by atoms with Gasteiger partial charge in [-0.05, 0) is 31.9 Å². The van der Waals surface area contributed by atoms with Crippen molar-refractivity contribution in [2.24, 2.45) is 0 Å². The number of amides is 1. The molecule has 0 unspecified atom stereocenters. The van der Waals surface area contributed by atoms with Crippen LogP contribution in [-0.2, 0) is 9.53 Å². The summed E-state index contributed by atoms with van der Waals surface area (Å²) < 4.78 is 10.7. The first-order chi connectivity index (χ1) is 13.0. The third-order valence-corrected chi connectivity index (χ3v) is 4.59. The second-order valence-corrected chi connectivity index (χ2v) is 6.57. The van der Waals surface area contributed by atoms with Crippen molar-refractivity contribution >= 4 is 22.8 Å². The fourth-order valence-electron chi connectivity index (χ4n) is 3.02. The van der Waals surface area contributed by atoms with Crippen molar-refractivity contribution in [3.63, 3.8) is 0 Å². The van der Waals surface area contributed by atoms with Crippen LogP contribution in [0, 0.1) is 13.8 Å². The standard InChI is InChI=1S/C22H23NO4/c1-4-18(16-11-9-14(2)10-12-16)23-20(24)13-26-22(25)21-15(3)17-7-5-6-8-19(17)27-21/h5-12,18H,4,13H2,1-3H3,(H,23,24)/t18-/m0/s1. The van der Waals surface area contributed by atoms with Gasteiger partial charge < -0.3 is 14.5 Å². The Hall–Kier alpha value is -3.08. The van der Waals surface area contributed by atoms with Crippen molar-refractivity contribution in [1.82, 2.24) is 5.32 Å². The van der Waals surface area contributed by atoms with Gasteiger partial charge in [0.25, 0.3) is 5.91 Å². The molecule has 0 aliphatic heterocycles. The molecule has 0 aliphatic rings. The number of nitrogens with one attached hydrogen (secondary N) is 1. The minimum absolute atomic E-state index is 0.121. The molecular weight excluding hydrogens is 342 g/mol. The Morgan fingerprint density at radius 3 is 2.44 bits per heavy atom. The van der Waals surface area contributed by atoms with Crippen LogP contribution in [0.3, 0.4) is 0 Å². The van der Waals surface area contributed by atoms with Gasteiger partial charge in [-0.3, -0.25) is 4.79 Å². The summed E-state index contributed by atoms with van der Waals surface area (Å²) in [5.74, 6) is -0.846. The number of para-hydroxylation sites is 1.